The van der Waals surface area contributed by atoms with Gasteiger partial charge in [-0.05, 0) is 43.3 Å². The van der Waals surface area contributed by atoms with E-state index >= 15 is 0 Å². The second kappa shape index (κ2) is 6.59. The zero-order valence-electron chi connectivity index (χ0n) is 11.0. The molecule has 0 saturated carbocycles. The van der Waals surface area contributed by atoms with E-state index < -0.39 is 5.82 Å². The Morgan fingerprint density at radius 2 is 1.85 bits per heavy atom. The van der Waals surface area contributed by atoms with Gasteiger partial charge in [-0.15, -0.1) is 0 Å². The number of hydrogen-bond donors (Lipinski definition) is 1. The van der Waals surface area contributed by atoms with Gasteiger partial charge < -0.3 is 15.2 Å². The molecule has 2 aromatic carbocycles. The molecule has 2 aromatic rings. The first-order chi connectivity index (χ1) is 9.54. The molecular formula is C15H15ClFNO2. The lowest BCUT2D eigenvalue weighted by molar-refractivity contribution is 0.283. The smallest absolute Gasteiger partial charge is 0.172 e. The average molecular weight is 296 g/mol. The highest BCUT2D eigenvalue weighted by Gasteiger charge is 2.09. The van der Waals surface area contributed by atoms with Crippen LogP contribution in [0.4, 0.5) is 4.39 Å². The fourth-order valence-corrected chi connectivity index (χ4v) is 1.66. The lowest BCUT2D eigenvalue weighted by atomic mass is 10.3. The second-order valence-electron chi connectivity index (χ2n) is 4.44. The Kier molecular flexibility index (Phi) is 4.82. The van der Waals surface area contributed by atoms with Crippen molar-refractivity contribution < 1.29 is 13.9 Å². The molecule has 0 saturated heterocycles. The molecule has 0 spiro atoms. The van der Waals surface area contributed by atoms with Crippen LogP contribution in [0.25, 0.3) is 0 Å². The molecule has 2 rings (SSSR count). The first kappa shape index (κ1) is 14.6. The van der Waals surface area contributed by atoms with Crippen molar-refractivity contribution in [3.8, 4) is 17.2 Å². The number of halogens is 2. The summed E-state index contributed by atoms with van der Waals surface area (Å²) < 4.78 is 24.5. The molecule has 0 amide bonds. The maximum Gasteiger partial charge on any atom is 0.172 e. The van der Waals surface area contributed by atoms with Crippen molar-refractivity contribution in [1.29, 1.82) is 0 Å². The van der Waals surface area contributed by atoms with Crippen LogP contribution in [0.1, 0.15) is 6.92 Å². The van der Waals surface area contributed by atoms with Gasteiger partial charge in [0.1, 0.15) is 18.2 Å². The van der Waals surface area contributed by atoms with Crippen LogP contribution in [0.15, 0.2) is 42.5 Å². The van der Waals surface area contributed by atoms with Gasteiger partial charge in [-0.25, -0.2) is 4.39 Å². The van der Waals surface area contributed by atoms with Gasteiger partial charge in [0.15, 0.2) is 11.5 Å². The number of nitrogens with two attached hydrogens (primary N) is 1. The minimum atomic E-state index is -0.401. The van der Waals surface area contributed by atoms with Crippen LogP contribution in [0.2, 0.25) is 5.02 Å². The van der Waals surface area contributed by atoms with Crippen molar-refractivity contribution in [2.75, 3.05) is 6.61 Å². The largest absolute Gasteiger partial charge is 0.488 e. The molecule has 20 heavy (non-hydrogen) atoms. The highest BCUT2D eigenvalue weighted by atomic mass is 35.5. The molecule has 0 fully saturated rings. The van der Waals surface area contributed by atoms with Gasteiger partial charge in [-0.1, -0.05) is 11.6 Å². The van der Waals surface area contributed by atoms with E-state index in [9.17, 15) is 4.39 Å². The fraction of sp³-hybridized carbons (Fsp3) is 0.200. The number of ether oxygens (including phenoxy) is 2. The van der Waals surface area contributed by atoms with Gasteiger partial charge in [0.05, 0.1) is 0 Å². The summed E-state index contributed by atoms with van der Waals surface area (Å²) in [6.45, 7) is 2.14. The summed E-state index contributed by atoms with van der Waals surface area (Å²) in [6, 6.07) is 10.8. The van der Waals surface area contributed by atoms with Crippen molar-refractivity contribution in [1.82, 2.24) is 0 Å². The summed E-state index contributed by atoms with van der Waals surface area (Å²) in [7, 11) is 0. The van der Waals surface area contributed by atoms with E-state index in [1.807, 2.05) is 6.92 Å². The van der Waals surface area contributed by atoms with Gasteiger partial charge in [0.25, 0.3) is 0 Å². The quantitative estimate of drug-likeness (QED) is 0.907. The highest BCUT2D eigenvalue weighted by Crippen LogP contribution is 2.32. The molecule has 0 radical (unpaired) electrons. The summed E-state index contributed by atoms with van der Waals surface area (Å²) >= 11 is 5.80. The summed E-state index contributed by atoms with van der Waals surface area (Å²) in [5.41, 5.74) is 5.63. The standard InChI is InChI=1S/C15H15ClFNO2/c1-10(18)9-19-14-7-4-12(17)8-15(14)20-13-5-2-11(16)3-6-13/h2-8,10H,9,18H2,1H3/t10-/m0/s1. The van der Waals surface area contributed by atoms with E-state index in [0.717, 1.165) is 0 Å². The van der Waals surface area contributed by atoms with E-state index in [2.05, 4.69) is 0 Å². The molecular weight excluding hydrogens is 281 g/mol. The maximum absolute atomic E-state index is 13.3. The van der Waals surface area contributed by atoms with Crippen LogP contribution >= 0.6 is 11.6 Å². The van der Waals surface area contributed by atoms with Crippen LogP contribution in [0.5, 0.6) is 17.2 Å². The fourth-order valence-electron chi connectivity index (χ4n) is 1.53. The molecule has 0 aromatic heterocycles. The monoisotopic (exact) mass is 295 g/mol. The predicted molar refractivity (Wildman–Crippen MR) is 77.1 cm³/mol. The third-order valence-corrected chi connectivity index (χ3v) is 2.70. The summed E-state index contributed by atoms with van der Waals surface area (Å²) in [6.07, 6.45) is 0. The van der Waals surface area contributed by atoms with Gasteiger partial charge in [-0.3, -0.25) is 0 Å². The average Bonchev–Trinajstić information content (AvgIpc) is 2.40. The molecule has 106 valence electrons. The zero-order valence-corrected chi connectivity index (χ0v) is 11.7. The normalized spacial score (nSPS) is 12.0. The first-order valence-electron chi connectivity index (χ1n) is 6.16. The van der Waals surface area contributed by atoms with Gasteiger partial charge in [-0.2, -0.15) is 0 Å². The third kappa shape index (κ3) is 4.11. The zero-order chi connectivity index (χ0) is 14.5. The van der Waals surface area contributed by atoms with Crippen LogP contribution < -0.4 is 15.2 Å². The minimum Gasteiger partial charge on any atom is -0.488 e. The molecule has 1 atom stereocenters. The molecule has 0 unspecified atom stereocenters. The van der Waals surface area contributed by atoms with Crippen LogP contribution in [0.3, 0.4) is 0 Å². The first-order valence-corrected chi connectivity index (χ1v) is 6.54. The van der Waals surface area contributed by atoms with Crippen LogP contribution in [-0.4, -0.2) is 12.6 Å². The Morgan fingerprint density at radius 1 is 1.15 bits per heavy atom. The number of rotatable bonds is 5. The third-order valence-electron chi connectivity index (χ3n) is 2.45. The summed E-state index contributed by atoms with van der Waals surface area (Å²) in [4.78, 5) is 0. The van der Waals surface area contributed by atoms with Crippen molar-refractivity contribution in [2.45, 2.75) is 13.0 Å². The molecule has 0 aliphatic heterocycles. The summed E-state index contributed by atoms with van der Waals surface area (Å²) in [5.74, 6) is 0.888. The van der Waals surface area contributed by atoms with Crippen molar-refractivity contribution in [3.63, 3.8) is 0 Å². The SMILES string of the molecule is C[C@H](N)COc1ccc(F)cc1Oc1ccc(Cl)cc1. The van der Waals surface area contributed by atoms with Gasteiger partial charge in [0.2, 0.25) is 0 Å². The van der Waals surface area contributed by atoms with E-state index in [-0.39, 0.29) is 6.04 Å². The van der Waals surface area contributed by atoms with Crippen molar-refractivity contribution >= 4 is 11.6 Å². The molecule has 0 aliphatic carbocycles. The van der Waals surface area contributed by atoms with E-state index in [4.69, 9.17) is 26.8 Å². The Balaban J connectivity index is 2.20. The molecule has 0 aliphatic rings. The second-order valence-corrected chi connectivity index (χ2v) is 4.87. The highest BCUT2D eigenvalue weighted by molar-refractivity contribution is 6.30. The maximum atomic E-state index is 13.3. The lowest BCUT2D eigenvalue weighted by Crippen LogP contribution is -2.23. The topological polar surface area (TPSA) is 44.5 Å². The van der Waals surface area contributed by atoms with Crippen LogP contribution in [-0.2, 0) is 0 Å². The van der Waals surface area contributed by atoms with E-state index in [0.29, 0.717) is 28.9 Å². The Bertz CT molecular complexity index is 573. The Labute approximate surface area is 122 Å². The van der Waals surface area contributed by atoms with Crippen molar-refractivity contribution in [3.05, 3.63) is 53.3 Å². The molecule has 0 bridgehead atoms. The van der Waals surface area contributed by atoms with E-state index in [1.54, 1.807) is 24.3 Å². The molecule has 3 nitrogen and oxygen atoms in total. The van der Waals surface area contributed by atoms with Gasteiger partial charge >= 0.3 is 0 Å². The summed E-state index contributed by atoms with van der Waals surface area (Å²) in [5, 5.41) is 0.602. The predicted octanol–water partition coefficient (Wildman–Crippen LogP) is 4.00. The lowest BCUT2D eigenvalue weighted by Gasteiger charge is -2.14. The van der Waals surface area contributed by atoms with Crippen molar-refractivity contribution in [2.24, 2.45) is 5.73 Å². The molecule has 0 heterocycles. The molecule has 5 heteroatoms. The Morgan fingerprint density at radius 3 is 2.50 bits per heavy atom. The minimum absolute atomic E-state index is 0.122. The van der Waals surface area contributed by atoms with Gasteiger partial charge in [0, 0.05) is 17.1 Å². The number of hydrogen-bond acceptors (Lipinski definition) is 3. The number of benzene rings is 2. The molecule has 2 N–H and O–H groups in total. The van der Waals surface area contributed by atoms with E-state index in [1.165, 1.54) is 18.2 Å². The van der Waals surface area contributed by atoms with Crippen LogP contribution in [0, 0.1) is 5.82 Å². The Hall–Kier alpha value is -1.78.